The quantitative estimate of drug-likeness (QED) is 0.0239. The molecule has 1 aliphatic rings. The van der Waals surface area contributed by atoms with E-state index in [1.807, 2.05) is 92.7 Å². The van der Waals surface area contributed by atoms with Gasteiger partial charge >= 0.3 is 71.6 Å². The Morgan fingerprint density at radius 2 is 0.564 bits per heavy atom. The number of benzene rings is 10. The minimum atomic E-state index is -1.23. The minimum absolute atomic E-state index is 0.00157. The molecule has 0 aromatic heterocycles. The summed E-state index contributed by atoms with van der Waals surface area (Å²) >= 11 is 0. The lowest BCUT2D eigenvalue weighted by Gasteiger charge is -2.22. The Morgan fingerprint density at radius 1 is 0.291 bits per heavy atom. The van der Waals surface area contributed by atoms with Gasteiger partial charge in [-0.25, -0.2) is 57.5 Å². The molecule has 1 fully saturated rings. The van der Waals surface area contributed by atoms with Crippen molar-refractivity contribution in [3.05, 3.63) is 344 Å². The molecule has 0 unspecified atom stereocenters. The maximum atomic E-state index is 12.2. The highest BCUT2D eigenvalue weighted by atomic mass is 16.6. The van der Waals surface area contributed by atoms with Crippen LogP contribution >= 0.6 is 0 Å². The fraction of sp³-hybridized carbons (Fsp3) is 0.163. The van der Waals surface area contributed by atoms with Crippen LogP contribution in [0.2, 0.25) is 0 Å². The maximum Gasteiger partial charge on any atom is 0.344 e. The van der Waals surface area contributed by atoms with Crippen molar-refractivity contribution in [1.29, 1.82) is 0 Å². The van der Waals surface area contributed by atoms with Crippen molar-refractivity contribution in [1.82, 2.24) is 0 Å². The molecule has 11 rings (SSSR count). The third kappa shape index (κ3) is 27.4. The SMILES string of the molecule is CCCOC(=O)c1ccccc1C(=O)OCc1ccccc1.CCc1ccc(OC(=O)c2ccccc2C(=O)O)cc1.COC(=O)c1ccccc1C(=O)Oc1ccccc1.O=C(O)c1ccccc1C(=O)O.O=C(O)c1ccccc1C(=O)OC1CCCCC1.O=C(O)c1ccccc1C(=O)OCc1ccccc1. The summed E-state index contributed by atoms with van der Waals surface area (Å²) in [6.45, 7) is 4.55. The fourth-order valence-electron chi connectivity index (χ4n) is 10.1. The van der Waals surface area contributed by atoms with Crippen LogP contribution in [0.3, 0.4) is 0 Å². The summed E-state index contributed by atoms with van der Waals surface area (Å²) in [5.41, 5.74) is 3.43. The highest BCUT2D eigenvalue weighted by Crippen LogP contribution is 2.24. The highest BCUT2D eigenvalue weighted by molar-refractivity contribution is 6.06. The third-order valence-corrected chi connectivity index (χ3v) is 15.6. The molecule has 10 aromatic rings. The zero-order chi connectivity index (χ0) is 79.7. The average Bonchev–Trinajstić information content (AvgIpc) is 0.866. The van der Waals surface area contributed by atoms with Gasteiger partial charge < -0.3 is 58.7 Å². The van der Waals surface area contributed by atoms with Crippen LogP contribution in [0.5, 0.6) is 11.5 Å². The van der Waals surface area contributed by atoms with Crippen molar-refractivity contribution in [2.24, 2.45) is 0 Å². The summed E-state index contributed by atoms with van der Waals surface area (Å²) in [7, 11) is 1.27. The Balaban J connectivity index is 0.000000208. The number of carbonyl (C=O) groups excluding carboxylic acids is 7. The van der Waals surface area contributed by atoms with Crippen LogP contribution in [-0.4, -0.2) is 117 Å². The van der Waals surface area contributed by atoms with Crippen LogP contribution in [0.15, 0.2) is 261 Å². The number of esters is 7. The summed E-state index contributed by atoms with van der Waals surface area (Å²) in [5.74, 6) is -9.08. The first-order valence-corrected chi connectivity index (χ1v) is 34.2. The van der Waals surface area contributed by atoms with E-state index in [4.69, 9.17) is 54.0 Å². The number of aryl methyl sites for hydroxylation is 1. The van der Waals surface area contributed by atoms with E-state index in [2.05, 4.69) is 4.74 Å². The van der Waals surface area contributed by atoms with Crippen molar-refractivity contribution in [3.63, 3.8) is 0 Å². The molecular weight excluding hydrogens is 1420 g/mol. The van der Waals surface area contributed by atoms with Gasteiger partial charge in [0.05, 0.1) is 80.5 Å². The summed E-state index contributed by atoms with van der Waals surface area (Å²) in [4.78, 5) is 138. The second kappa shape index (κ2) is 45.3. The second-order valence-electron chi connectivity index (χ2n) is 23.3. The maximum absolute atomic E-state index is 12.2. The number of aromatic carboxylic acids is 5. The second-order valence-corrected chi connectivity index (χ2v) is 23.3. The van der Waals surface area contributed by atoms with Gasteiger partial charge in [-0.05, 0) is 152 Å². The van der Waals surface area contributed by atoms with Crippen LogP contribution in [0, 0.1) is 0 Å². The predicted molar refractivity (Wildman–Crippen MR) is 401 cm³/mol. The molecule has 0 atom stereocenters. The molecule has 1 aliphatic carbocycles. The lowest BCUT2D eigenvalue weighted by Crippen LogP contribution is -2.22. The predicted octanol–water partition coefficient (Wildman–Crippen LogP) is 16.2. The number of ether oxygens (including phenoxy) is 7. The lowest BCUT2D eigenvalue weighted by molar-refractivity contribution is 0.0205. The van der Waals surface area contributed by atoms with Crippen molar-refractivity contribution in [2.45, 2.75) is 78.1 Å². The monoisotopic (exact) mass is 1490 g/mol. The number of methoxy groups -OCH3 is 1. The molecule has 110 heavy (non-hydrogen) atoms. The van der Waals surface area contributed by atoms with Crippen molar-refractivity contribution < 1.29 is 116 Å². The molecule has 0 aliphatic heterocycles. The van der Waals surface area contributed by atoms with E-state index in [-0.39, 0.29) is 86.1 Å². The molecule has 24 nitrogen and oxygen atoms in total. The van der Waals surface area contributed by atoms with Gasteiger partial charge in [0.1, 0.15) is 30.8 Å². The molecule has 1 saturated carbocycles. The molecular formula is C86H78O24. The average molecular weight is 1500 g/mol. The van der Waals surface area contributed by atoms with Gasteiger partial charge in [-0.3, -0.25) is 0 Å². The summed E-state index contributed by atoms with van der Waals surface area (Å²) in [6.07, 6.45) is 6.63. The molecule has 0 bridgehead atoms. The number of hydrogen-bond acceptors (Lipinski definition) is 19. The summed E-state index contributed by atoms with van der Waals surface area (Å²) in [6, 6.07) is 70.9. The Bertz CT molecular complexity index is 4730. The molecule has 10 aromatic carbocycles. The van der Waals surface area contributed by atoms with Crippen molar-refractivity contribution >= 4 is 71.6 Å². The first kappa shape index (κ1) is 84.8. The van der Waals surface area contributed by atoms with Crippen molar-refractivity contribution in [3.8, 4) is 11.5 Å². The summed E-state index contributed by atoms with van der Waals surface area (Å²) in [5, 5.41) is 44.1. The number of carbonyl (C=O) groups is 12. The van der Waals surface area contributed by atoms with E-state index >= 15 is 0 Å². The van der Waals surface area contributed by atoms with Crippen molar-refractivity contribution in [2.75, 3.05) is 13.7 Å². The van der Waals surface area contributed by atoms with Gasteiger partial charge in [0.15, 0.2) is 0 Å². The Hall–Kier alpha value is -14.2. The van der Waals surface area contributed by atoms with Gasteiger partial charge in [-0.2, -0.15) is 0 Å². The number of hydrogen-bond donors (Lipinski definition) is 5. The molecule has 0 radical (unpaired) electrons. The van der Waals surface area contributed by atoms with Crippen LogP contribution in [0.4, 0.5) is 0 Å². The van der Waals surface area contributed by atoms with E-state index in [1.54, 1.807) is 109 Å². The van der Waals surface area contributed by atoms with E-state index in [0.29, 0.717) is 18.1 Å². The van der Waals surface area contributed by atoms with Gasteiger partial charge in [-0.1, -0.05) is 184 Å². The van der Waals surface area contributed by atoms with Crippen LogP contribution in [0.25, 0.3) is 0 Å². The largest absolute Gasteiger partial charge is 0.478 e. The zero-order valence-corrected chi connectivity index (χ0v) is 60.0. The zero-order valence-electron chi connectivity index (χ0n) is 60.0. The molecule has 24 heteroatoms. The standard InChI is InChI=1S/C18H18O4.C16H14O4.2C15H12O4.C14H16O4.C8H6O4/c1-2-12-21-17(19)15-10-6-7-11-16(15)18(20)22-13-14-8-4-3-5-9-14;1-2-11-7-9-12(10-8-11)20-16(19)14-6-4-3-5-13(14)15(17)18;1-18-14(16)12-9-5-6-10-13(12)15(17)19-11-7-3-2-4-8-11;16-14(17)12-8-4-5-9-13(12)15(18)19-10-11-6-2-1-3-7-11;15-13(16)11-8-4-5-9-12(11)14(17)18-10-6-2-1-3-7-10;9-7(10)5-3-1-2-4-6(5)8(11)12/h3-11H,2,12-13H2,1H3;3-10H,2H2,1H3,(H,17,18);2-10H,1H3;1-9H,10H2,(H,16,17);4-5,8-10H,1-3,6-7H2,(H,15,16);1-4H,(H,9,10)(H,11,12). The third-order valence-electron chi connectivity index (χ3n) is 15.6. The Kier molecular flexibility index (Phi) is 34.9. The summed E-state index contributed by atoms with van der Waals surface area (Å²) < 4.78 is 35.8. The first-order valence-electron chi connectivity index (χ1n) is 34.2. The Morgan fingerprint density at radius 3 is 0.900 bits per heavy atom. The van der Waals surface area contributed by atoms with E-state index < -0.39 is 71.6 Å². The van der Waals surface area contributed by atoms with Gasteiger partial charge in [0.25, 0.3) is 0 Å². The number of rotatable bonds is 22. The lowest BCUT2D eigenvalue weighted by atomic mass is 9.97. The fourth-order valence-corrected chi connectivity index (χ4v) is 10.1. The van der Waals surface area contributed by atoms with Crippen LogP contribution in [0.1, 0.15) is 193 Å². The van der Waals surface area contributed by atoms with E-state index in [0.717, 1.165) is 55.2 Å². The van der Waals surface area contributed by atoms with E-state index in [9.17, 15) is 57.5 Å². The molecule has 0 amide bonds. The van der Waals surface area contributed by atoms with Crippen LogP contribution in [-0.2, 0) is 43.3 Å². The topological polar surface area (TPSA) is 371 Å². The molecule has 0 heterocycles. The minimum Gasteiger partial charge on any atom is -0.478 e. The number of carboxylic acid groups (broad SMARTS) is 5. The molecule has 0 saturated heterocycles. The van der Waals surface area contributed by atoms with E-state index in [1.165, 1.54) is 86.3 Å². The van der Waals surface area contributed by atoms with Gasteiger partial charge in [0, 0.05) is 0 Å². The molecule has 0 spiro atoms. The Labute approximate surface area is 632 Å². The smallest absolute Gasteiger partial charge is 0.344 e. The molecule has 566 valence electrons. The normalized spacial score (nSPS) is 10.9. The molecule has 5 N–H and O–H groups in total. The van der Waals surface area contributed by atoms with Gasteiger partial charge in [-0.15, -0.1) is 0 Å². The number of para-hydroxylation sites is 1. The van der Waals surface area contributed by atoms with Crippen LogP contribution < -0.4 is 9.47 Å². The highest BCUT2D eigenvalue weighted by Gasteiger charge is 2.25. The number of carboxylic acids is 5. The van der Waals surface area contributed by atoms with Gasteiger partial charge in [0.2, 0.25) is 0 Å². The first-order chi connectivity index (χ1) is 53.0.